The van der Waals surface area contributed by atoms with Gasteiger partial charge in [-0.3, -0.25) is 9.52 Å². The van der Waals surface area contributed by atoms with E-state index >= 15 is 0 Å². The lowest BCUT2D eigenvalue weighted by atomic mass is 10.1. The molecule has 0 spiro atoms. The van der Waals surface area contributed by atoms with Crippen molar-refractivity contribution in [1.29, 1.82) is 0 Å². The van der Waals surface area contributed by atoms with E-state index < -0.39 is 10.0 Å². The van der Waals surface area contributed by atoms with Gasteiger partial charge in [-0.05, 0) is 68.3 Å². The molecule has 0 saturated heterocycles. The summed E-state index contributed by atoms with van der Waals surface area (Å²) < 4.78 is 27.9. The average molecular weight is 429 g/mol. The van der Waals surface area contributed by atoms with Crippen molar-refractivity contribution in [2.24, 2.45) is 0 Å². The van der Waals surface area contributed by atoms with Crippen molar-refractivity contribution in [3.63, 3.8) is 0 Å². The van der Waals surface area contributed by atoms with Crippen molar-refractivity contribution in [1.82, 2.24) is 0 Å². The summed E-state index contributed by atoms with van der Waals surface area (Å²) in [6, 6.07) is 16.7. The van der Waals surface area contributed by atoms with Crippen LogP contribution in [0.5, 0.6) is 0 Å². The van der Waals surface area contributed by atoms with Crippen molar-refractivity contribution in [3.8, 4) is 0 Å². The molecule has 0 fully saturated rings. The number of hydrogen-bond acceptors (Lipinski definition) is 3. The molecule has 0 atom stereocenters. The Morgan fingerprint density at radius 3 is 2.17 bits per heavy atom. The van der Waals surface area contributed by atoms with Crippen LogP contribution in [0.25, 0.3) is 0 Å². The molecule has 1 amide bonds. The lowest BCUT2D eigenvalue weighted by Crippen LogP contribution is -2.16. The molecule has 3 rings (SSSR count). The normalized spacial score (nSPS) is 11.2. The highest BCUT2D eigenvalue weighted by Crippen LogP contribution is 2.24. The Balaban J connectivity index is 1.84. The second-order valence-corrected chi connectivity index (χ2v) is 8.96. The molecule has 5 nitrogen and oxygen atoms in total. The molecule has 3 aromatic rings. The molecule has 0 aromatic heterocycles. The van der Waals surface area contributed by atoms with Gasteiger partial charge in [0.05, 0.1) is 10.6 Å². The Labute approximate surface area is 175 Å². The van der Waals surface area contributed by atoms with Gasteiger partial charge in [0.1, 0.15) is 0 Å². The lowest BCUT2D eigenvalue weighted by Gasteiger charge is -2.13. The van der Waals surface area contributed by atoms with Gasteiger partial charge in [0, 0.05) is 16.3 Å². The Bertz CT molecular complexity index is 1170. The fraction of sp³-hybridized carbons (Fsp3) is 0.136. The monoisotopic (exact) mass is 428 g/mol. The van der Waals surface area contributed by atoms with Gasteiger partial charge in [0.25, 0.3) is 15.9 Å². The van der Waals surface area contributed by atoms with E-state index in [1.807, 2.05) is 19.9 Å². The van der Waals surface area contributed by atoms with E-state index in [4.69, 9.17) is 11.6 Å². The number of sulfonamides is 1. The predicted octanol–water partition coefficient (Wildman–Crippen LogP) is 5.32. The molecular formula is C22H21ClN2O3S. The van der Waals surface area contributed by atoms with E-state index in [1.54, 1.807) is 55.5 Å². The van der Waals surface area contributed by atoms with E-state index in [9.17, 15) is 13.2 Å². The molecule has 0 aliphatic rings. The highest BCUT2D eigenvalue weighted by Gasteiger charge is 2.17. The molecule has 0 radical (unpaired) electrons. The Morgan fingerprint density at radius 1 is 0.862 bits per heavy atom. The van der Waals surface area contributed by atoms with Crippen LogP contribution in [0.4, 0.5) is 11.4 Å². The number of anilines is 2. The largest absolute Gasteiger partial charge is 0.322 e. The second kappa shape index (κ2) is 8.27. The van der Waals surface area contributed by atoms with Crippen LogP contribution in [0.3, 0.4) is 0 Å². The zero-order valence-electron chi connectivity index (χ0n) is 16.3. The average Bonchev–Trinajstić information content (AvgIpc) is 2.66. The smallest absolute Gasteiger partial charge is 0.261 e. The number of amides is 1. The standard InChI is InChI=1S/C22H21ClN2O3S/c1-14-4-10-19(11-5-14)29(27,28)25-21-12-17(8-6-16(21)3)22(26)24-18-9-7-15(2)20(23)13-18/h4-13,25H,1-3H3,(H,24,26). The summed E-state index contributed by atoms with van der Waals surface area (Å²) in [7, 11) is -3.76. The van der Waals surface area contributed by atoms with Gasteiger partial charge >= 0.3 is 0 Å². The summed E-state index contributed by atoms with van der Waals surface area (Å²) in [5, 5.41) is 3.33. The number of benzene rings is 3. The molecular weight excluding hydrogens is 408 g/mol. The molecule has 0 bridgehead atoms. The van der Waals surface area contributed by atoms with Crippen LogP contribution in [0, 0.1) is 20.8 Å². The van der Waals surface area contributed by atoms with E-state index in [-0.39, 0.29) is 10.8 Å². The van der Waals surface area contributed by atoms with Crippen molar-refractivity contribution in [2.45, 2.75) is 25.7 Å². The summed E-state index contributed by atoms with van der Waals surface area (Å²) in [5.74, 6) is -0.360. The van der Waals surface area contributed by atoms with Crippen molar-refractivity contribution in [3.05, 3.63) is 87.9 Å². The zero-order chi connectivity index (χ0) is 21.2. The minimum atomic E-state index is -3.76. The molecule has 0 unspecified atom stereocenters. The van der Waals surface area contributed by atoms with Crippen LogP contribution in [-0.4, -0.2) is 14.3 Å². The quantitative estimate of drug-likeness (QED) is 0.577. The van der Waals surface area contributed by atoms with Crippen LogP contribution in [0.2, 0.25) is 5.02 Å². The highest BCUT2D eigenvalue weighted by molar-refractivity contribution is 7.92. The van der Waals surface area contributed by atoms with Gasteiger partial charge in [-0.2, -0.15) is 0 Å². The van der Waals surface area contributed by atoms with Gasteiger partial charge in [0.15, 0.2) is 0 Å². The summed E-state index contributed by atoms with van der Waals surface area (Å²) in [6.07, 6.45) is 0. The van der Waals surface area contributed by atoms with E-state index in [2.05, 4.69) is 10.0 Å². The molecule has 2 N–H and O–H groups in total. The lowest BCUT2D eigenvalue weighted by molar-refractivity contribution is 0.102. The van der Waals surface area contributed by atoms with Crippen molar-refractivity contribution in [2.75, 3.05) is 10.0 Å². The topological polar surface area (TPSA) is 75.3 Å². The number of nitrogens with one attached hydrogen (secondary N) is 2. The Morgan fingerprint density at radius 2 is 1.52 bits per heavy atom. The highest BCUT2D eigenvalue weighted by atomic mass is 35.5. The first-order valence-electron chi connectivity index (χ1n) is 8.93. The molecule has 0 heterocycles. The van der Waals surface area contributed by atoms with Crippen molar-refractivity contribution < 1.29 is 13.2 Å². The maximum absolute atomic E-state index is 12.7. The molecule has 0 saturated carbocycles. The first-order chi connectivity index (χ1) is 13.7. The molecule has 7 heteroatoms. The third-order valence-electron chi connectivity index (χ3n) is 4.51. The zero-order valence-corrected chi connectivity index (χ0v) is 17.9. The van der Waals surface area contributed by atoms with E-state index in [0.717, 1.165) is 11.1 Å². The van der Waals surface area contributed by atoms with Gasteiger partial charge < -0.3 is 5.32 Å². The van der Waals surface area contributed by atoms with E-state index in [1.165, 1.54) is 6.07 Å². The van der Waals surface area contributed by atoms with Gasteiger partial charge in [-0.15, -0.1) is 0 Å². The van der Waals surface area contributed by atoms with Crippen LogP contribution in [0.1, 0.15) is 27.0 Å². The fourth-order valence-electron chi connectivity index (χ4n) is 2.67. The second-order valence-electron chi connectivity index (χ2n) is 6.87. The number of carbonyl (C=O) groups is 1. The number of halogens is 1. The maximum Gasteiger partial charge on any atom is 0.261 e. The summed E-state index contributed by atoms with van der Waals surface area (Å²) in [5.41, 5.74) is 3.82. The van der Waals surface area contributed by atoms with Crippen molar-refractivity contribution >= 4 is 38.9 Å². The molecule has 150 valence electrons. The van der Waals surface area contributed by atoms with Crippen LogP contribution in [0.15, 0.2) is 65.6 Å². The minimum Gasteiger partial charge on any atom is -0.322 e. The Hall–Kier alpha value is -2.83. The van der Waals surface area contributed by atoms with Crippen LogP contribution in [-0.2, 0) is 10.0 Å². The third kappa shape index (κ3) is 4.96. The number of aryl methyl sites for hydroxylation is 3. The summed E-state index contributed by atoms with van der Waals surface area (Å²) >= 11 is 6.10. The molecule has 0 aliphatic carbocycles. The number of rotatable bonds is 5. The third-order valence-corrected chi connectivity index (χ3v) is 6.29. The Kier molecular flexibility index (Phi) is 5.96. The minimum absolute atomic E-state index is 0.159. The summed E-state index contributed by atoms with van der Waals surface area (Å²) in [4.78, 5) is 12.8. The molecule has 29 heavy (non-hydrogen) atoms. The first kappa shape index (κ1) is 20.9. The maximum atomic E-state index is 12.7. The van der Waals surface area contributed by atoms with Gasteiger partial charge in [0.2, 0.25) is 0 Å². The van der Waals surface area contributed by atoms with Gasteiger partial charge in [-0.25, -0.2) is 8.42 Å². The predicted molar refractivity (Wildman–Crippen MR) is 117 cm³/mol. The van der Waals surface area contributed by atoms with Gasteiger partial charge in [-0.1, -0.05) is 41.4 Å². The van der Waals surface area contributed by atoms with Crippen LogP contribution < -0.4 is 10.0 Å². The van der Waals surface area contributed by atoms with Crippen LogP contribution >= 0.6 is 11.6 Å². The first-order valence-corrected chi connectivity index (χ1v) is 10.8. The summed E-state index contributed by atoms with van der Waals surface area (Å²) in [6.45, 7) is 5.53. The number of hydrogen-bond donors (Lipinski definition) is 2. The molecule has 0 aliphatic heterocycles. The fourth-order valence-corrected chi connectivity index (χ4v) is 3.97. The number of carbonyl (C=O) groups excluding carboxylic acids is 1. The SMILES string of the molecule is Cc1ccc(S(=O)(=O)Nc2cc(C(=O)Nc3ccc(C)c(Cl)c3)ccc2C)cc1. The van der Waals surface area contributed by atoms with E-state index in [0.29, 0.717) is 27.5 Å². The molecule has 3 aromatic carbocycles.